The molecule has 0 atom stereocenters. The Morgan fingerprint density at radius 1 is 0.761 bits per heavy atom. The van der Waals surface area contributed by atoms with Crippen molar-refractivity contribution in [3.63, 3.8) is 0 Å². The third kappa shape index (κ3) is 7.85. The van der Waals surface area contributed by atoms with Crippen molar-refractivity contribution in [2.45, 2.75) is 51.6 Å². The van der Waals surface area contributed by atoms with Crippen LogP contribution in [0, 0.1) is 11.8 Å². The van der Waals surface area contributed by atoms with Gasteiger partial charge in [-0.1, -0.05) is 48.5 Å². The van der Waals surface area contributed by atoms with E-state index in [0.29, 0.717) is 54.8 Å². The quantitative estimate of drug-likeness (QED) is 0.234. The van der Waals surface area contributed by atoms with Crippen LogP contribution in [0.3, 0.4) is 0 Å². The van der Waals surface area contributed by atoms with E-state index in [9.17, 15) is 19.2 Å². The first-order valence-electron chi connectivity index (χ1n) is 15.9. The molecule has 0 unspecified atom stereocenters. The van der Waals surface area contributed by atoms with Gasteiger partial charge in [0, 0.05) is 25.6 Å². The minimum Gasteiger partial charge on any atom is -0.493 e. The molecule has 242 valence electrons. The summed E-state index contributed by atoms with van der Waals surface area (Å²) in [7, 11) is 3.15. The lowest BCUT2D eigenvalue weighted by Gasteiger charge is -2.28. The summed E-state index contributed by atoms with van der Waals surface area (Å²) in [6.07, 6.45) is 4.25. The highest BCUT2D eigenvalue weighted by Gasteiger charge is 2.27. The Hall–Kier alpha value is -4.86. The molecule has 0 spiro atoms. The fraction of sp³-hybridized carbons (Fsp3) is 0.389. The van der Waals surface area contributed by atoms with Gasteiger partial charge >= 0.3 is 5.69 Å². The number of methoxy groups -OCH3 is 2. The molecule has 10 heteroatoms. The molecule has 1 saturated carbocycles. The fourth-order valence-electron chi connectivity index (χ4n) is 6.25. The summed E-state index contributed by atoms with van der Waals surface area (Å²) < 4.78 is 13.3. The van der Waals surface area contributed by atoms with Crippen LogP contribution >= 0.6 is 0 Å². The Labute approximate surface area is 268 Å². The molecule has 5 rings (SSSR count). The average molecular weight is 627 g/mol. The average Bonchev–Trinajstić information content (AvgIpc) is 3.09. The summed E-state index contributed by atoms with van der Waals surface area (Å²) in [4.78, 5) is 53.0. The molecule has 2 amide bonds. The first-order chi connectivity index (χ1) is 22.4. The largest absolute Gasteiger partial charge is 0.493 e. The van der Waals surface area contributed by atoms with Crippen molar-refractivity contribution >= 4 is 22.7 Å². The summed E-state index contributed by atoms with van der Waals surface area (Å²) in [5.74, 6) is 1.00. The van der Waals surface area contributed by atoms with E-state index in [0.717, 1.165) is 24.8 Å². The summed E-state index contributed by atoms with van der Waals surface area (Å²) >= 11 is 0. The SMILES string of the molecule is COc1ccc(CCNC(=O)Cn2c(=O)n(CC3CCC(C(=O)NCCc4ccccc4)CC3)c(=O)c3ccccc32)cc1OC. The molecule has 1 heterocycles. The van der Waals surface area contributed by atoms with Crippen molar-refractivity contribution in [2.24, 2.45) is 11.8 Å². The molecule has 46 heavy (non-hydrogen) atoms. The van der Waals surface area contributed by atoms with E-state index in [1.165, 1.54) is 14.7 Å². The first kappa shape index (κ1) is 32.5. The first-order valence-corrected chi connectivity index (χ1v) is 15.9. The van der Waals surface area contributed by atoms with Gasteiger partial charge in [-0.2, -0.15) is 0 Å². The molecule has 4 aromatic rings. The van der Waals surface area contributed by atoms with Crippen molar-refractivity contribution in [3.05, 3.63) is 105 Å². The van der Waals surface area contributed by atoms with E-state index in [4.69, 9.17) is 9.47 Å². The van der Waals surface area contributed by atoms with Crippen molar-refractivity contribution < 1.29 is 19.1 Å². The van der Waals surface area contributed by atoms with Crippen molar-refractivity contribution in [2.75, 3.05) is 27.3 Å². The maximum atomic E-state index is 13.7. The number of hydrogen-bond acceptors (Lipinski definition) is 6. The molecule has 10 nitrogen and oxygen atoms in total. The molecule has 1 aliphatic rings. The Balaban J connectivity index is 1.20. The van der Waals surface area contributed by atoms with Crippen LogP contribution in [0.15, 0.2) is 82.4 Å². The Morgan fingerprint density at radius 3 is 2.17 bits per heavy atom. The van der Waals surface area contributed by atoms with Crippen LogP contribution in [-0.4, -0.2) is 48.3 Å². The van der Waals surface area contributed by atoms with Crippen LogP contribution in [0.1, 0.15) is 36.8 Å². The summed E-state index contributed by atoms with van der Waals surface area (Å²) in [6, 6.07) is 22.6. The number of fused-ring (bicyclic) bond motifs is 1. The molecular formula is C36H42N4O6. The topological polar surface area (TPSA) is 121 Å². The molecule has 1 aromatic heterocycles. The molecule has 3 aromatic carbocycles. The van der Waals surface area contributed by atoms with Crippen molar-refractivity contribution in [1.29, 1.82) is 0 Å². The van der Waals surface area contributed by atoms with E-state index in [2.05, 4.69) is 10.6 Å². The molecule has 0 saturated heterocycles. The number of para-hydroxylation sites is 1. The fourth-order valence-corrected chi connectivity index (χ4v) is 6.25. The van der Waals surface area contributed by atoms with Gasteiger partial charge in [0.2, 0.25) is 11.8 Å². The zero-order valence-electron chi connectivity index (χ0n) is 26.5. The maximum absolute atomic E-state index is 13.7. The van der Waals surface area contributed by atoms with Gasteiger partial charge in [0.25, 0.3) is 5.56 Å². The van der Waals surface area contributed by atoms with E-state index in [1.54, 1.807) is 38.5 Å². The number of ether oxygens (including phenoxy) is 2. The number of benzene rings is 3. The lowest BCUT2D eigenvalue weighted by molar-refractivity contribution is -0.126. The summed E-state index contributed by atoms with van der Waals surface area (Å²) in [5, 5.41) is 6.36. The van der Waals surface area contributed by atoms with E-state index >= 15 is 0 Å². The van der Waals surface area contributed by atoms with E-state index in [-0.39, 0.29) is 42.3 Å². The van der Waals surface area contributed by atoms with Crippen LogP contribution in [0.2, 0.25) is 0 Å². The molecule has 0 bridgehead atoms. The molecule has 0 radical (unpaired) electrons. The molecule has 2 N–H and O–H groups in total. The number of nitrogens with one attached hydrogen (secondary N) is 2. The highest BCUT2D eigenvalue weighted by Crippen LogP contribution is 2.30. The van der Waals surface area contributed by atoms with Gasteiger partial charge in [0.1, 0.15) is 6.54 Å². The number of aromatic nitrogens is 2. The van der Waals surface area contributed by atoms with Crippen LogP contribution in [0.5, 0.6) is 11.5 Å². The van der Waals surface area contributed by atoms with Crippen molar-refractivity contribution in [3.8, 4) is 11.5 Å². The van der Waals surface area contributed by atoms with Gasteiger partial charge in [0.15, 0.2) is 11.5 Å². The Kier molecular flexibility index (Phi) is 10.9. The third-order valence-electron chi connectivity index (χ3n) is 8.83. The monoisotopic (exact) mass is 626 g/mol. The number of nitrogens with zero attached hydrogens (tertiary/aromatic N) is 2. The van der Waals surface area contributed by atoms with Gasteiger partial charge < -0.3 is 20.1 Å². The smallest absolute Gasteiger partial charge is 0.331 e. The predicted octanol–water partition coefficient (Wildman–Crippen LogP) is 3.70. The zero-order chi connectivity index (χ0) is 32.5. The van der Waals surface area contributed by atoms with Crippen molar-refractivity contribution in [1.82, 2.24) is 19.8 Å². The van der Waals surface area contributed by atoms with E-state index < -0.39 is 5.69 Å². The second-order valence-corrected chi connectivity index (χ2v) is 11.8. The number of hydrogen-bond donors (Lipinski definition) is 2. The highest BCUT2D eigenvalue weighted by molar-refractivity contribution is 5.81. The van der Waals surface area contributed by atoms with Crippen LogP contribution in [0.25, 0.3) is 10.9 Å². The molecule has 1 fully saturated rings. The Bertz CT molecular complexity index is 1770. The maximum Gasteiger partial charge on any atom is 0.331 e. The lowest BCUT2D eigenvalue weighted by Crippen LogP contribution is -2.44. The molecule has 1 aliphatic carbocycles. The van der Waals surface area contributed by atoms with Gasteiger partial charge in [0.05, 0.1) is 25.1 Å². The molecule has 0 aliphatic heterocycles. The number of carbonyl (C=O) groups is 2. The summed E-state index contributed by atoms with van der Waals surface area (Å²) in [5.41, 5.74) is 1.73. The van der Waals surface area contributed by atoms with Gasteiger partial charge in [-0.15, -0.1) is 0 Å². The lowest BCUT2D eigenvalue weighted by atomic mass is 9.81. The normalized spacial score (nSPS) is 16.1. The second-order valence-electron chi connectivity index (χ2n) is 11.8. The second kappa shape index (κ2) is 15.4. The number of amides is 2. The minimum absolute atomic E-state index is 0.0664. The van der Waals surface area contributed by atoms with Crippen LogP contribution in [-0.2, 0) is 35.5 Å². The third-order valence-corrected chi connectivity index (χ3v) is 8.83. The highest BCUT2D eigenvalue weighted by atomic mass is 16.5. The number of carbonyl (C=O) groups excluding carboxylic acids is 2. The van der Waals surface area contributed by atoms with Gasteiger partial charge in [-0.05, 0) is 79.8 Å². The van der Waals surface area contributed by atoms with Gasteiger partial charge in [-0.25, -0.2) is 4.79 Å². The summed E-state index contributed by atoms with van der Waals surface area (Å²) in [6.45, 7) is 1.01. The van der Waals surface area contributed by atoms with E-state index in [1.807, 2.05) is 48.5 Å². The minimum atomic E-state index is -0.500. The Morgan fingerprint density at radius 2 is 1.43 bits per heavy atom. The predicted molar refractivity (Wildman–Crippen MR) is 177 cm³/mol. The molecular weight excluding hydrogens is 584 g/mol. The van der Waals surface area contributed by atoms with Gasteiger partial charge in [-0.3, -0.25) is 23.5 Å². The number of rotatable bonds is 13. The standard InChI is InChI=1S/C36H42N4O6/c1-45-31-17-14-26(22-32(31)46-2)19-20-37-33(41)24-39-30-11-7-6-10-29(30)35(43)40(36(39)44)23-27-12-15-28(16-13-27)34(42)38-21-18-25-8-4-3-5-9-25/h3-11,14,17,22,27-28H,12-13,15-16,18-21,23-24H2,1-2H3,(H,37,41)(H,38,42). The zero-order valence-corrected chi connectivity index (χ0v) is 26.5. The van der Waals surface area contributed by atoms with Crippen LogP contribution < -0.4 is 31.4 Å². The van der Waals surface area contributed by atoms with Crippen LogP contribution in [0.4, 0.5) is 0 Å².